The number of nitriles is 1. The lowest BCUT2D eigenvalue weighted by Gasteiger charge is -2.12. The first-order chi connectivity index (χ1) is 14.7. The third kappa shape index (κ3) is 4.82. The molecule has 1 amide bonds. The maximum absolute atomic E-state index is 12.6. The van der Waals surface area contributed by atoms with Crippen LogP contribution in [0.2, 0.25) is 5.02 Å². The molecule has 7 nitrogen and oxygen atoms in total. The maximum Gasteiger partial charge on any atom is 0.270 e. The van der Waals surface area contributed by atoms with Crippen molar-refractivity contribution in [3.05, 3.63) is 85.6 Å². The molecule has 0 aliphatic carbocycles. The van der Waals surface area contributed by atoms with Gasteiger partial charge in [-0.05, 0) is 50.1 Å². The summed E-state index contributed by atoms with van der Waals surface area (Å²) in [6, 6.07) is 13.0. The summed E-state index contributed by atoms with van der Waals surface area (Å²) in [6.07, 6.45) is 1.33. The van der Waals surface area contributed by atoms with E-state index in [0.717, 1.165) is 16.7 Å². The first kappa shape index (κ1) is 21.8. The Bertz CT molecular complexity index is 1250. The summed E-state index contributed by atoms with van der Waals surface area (Å²) in [5.74, 6) is 0.0754. The predicted octanol–water partition coefficient (Wildman–Crippen LogP) is 5.98. The van der Waals surface area contributed by atoms with Gasteiger partial charge in [0, 0.05) is 29.5 Å². The Morgan fingerprint density at radius 1 is 1.16 bits per heavy atom. The molecular weight excluding hydrogens is 418 g/mol. The van der Waals surface area contributed by atoms with E-state index in [4.69, 9.17) is 16.0 Å². The van der Waals surface area contributed by atoms with Crippen molar-refractivity contribution < 1.29 is 14.1 Å². The number of amides is 1. The molecule has 31 heavy (non-hydrogen) atoms. The van der Waals surface area contributed by atoms with Crippen molar-refractivity contribution in [2.24, 2.45) is 0 Å². The van der Waals surface area contributed by atoms with Crippen molar-refractivity contribution >= 4 is 35.0 Å². The SMILES string of the molecule is Cc1cc(C)c(NC(=O)/C(C#N)=C/c2ccc(-c3ccc([N+](=O)[O-])cc3Cl)o2)c(C)c1. The molecule has 0 bridgehead atoms. The Morgan fingerprint density at radius 2 is 1.84 bits per heavy atom. The average Bonchev–Trinajstić information content (AvgIpc) is 3.16. The number of nitro groups is 1. The van der Waals surface area contributed by atoms with E-state index in [2.05, 4.69) is 5.32 Å². The number of hydrogen-bond acceptors (Lipinski definition) is 5. The molecule has 0 aliphatic rings. The highest BCUT2D eigenvalue weighted by Crippen LogP contribution is 2.32. The van der Waals surface area contributed by atoms with Gasteiger partial charge in [-0.15, -0.1) is 0 Å². The number of nitro benzene ring substituents is 1. The first-order valence-electron chi connectivity index (χ1n) is 9.24. The van der Waals surface area contributed by atoms with Gasteiger partial charge in [0.25, 0.3) is 11.6 Å². The number of hydrogen-bond donors (Lipinski definition) is 1. The molecule has 1 N–H and O–H groups in total. The van der Waals surface area contributed by atoms with Crippen molar-refractivity contribution in [1.29, 1.82) is 5.26 Å². The van der Waals surface area contributed by atoms with Crippen LogP contribution >= 0.6 is 11.6 Å². The van der Waals surface area contributed by atoms with E-state index in [1.165, 1.54) is 24.3 Å². The third-order valence-corrected chi connectivity index (χ3v) is 4.94. The lowest BCUT2D eigenvalue weighted by molar-refractivity contribution is -0.384. The number of nitrogens with zero attached hydrogens (tertiary/aromatic N) is 2. The summed E-state index contributed by atoms with van der Waals surface area (Å²) in [4.78, 5) is 23.0. The van der Waals surface area contributed by atoms with Gasteiger partial charge < -0.3 is 9.73 Å². The predicted molar refractivity (Wildman–Crippen MR) is 119 cm³/mol. The second kappa shape index (κ2) is 8.86. The molecule has 3 rings (SSSR count). The lowest BCUT2D eigenvalue weighted by Crippen LogP contribution is -2.15. The Labute approximate surface area is 183 Å². The smallest absolute Gasteiger partial charge is 0.270 e. The maximum atomic E-state index is 12.6. The largest absolute Gasteiger partial charge is 0.457 e. The molecule has 0 spiro atoms. The summed E-state index contributed by atoms with van der Waals surface area (Å²) in [5.41, 5.74) is 3.74. The molecule has 0 radical (unpaired) electrons. The van der Waals surface area contributed by atoms with Gasteiger partial charge in [0.05, 0.1) is 9.95 Å². The number of nitrogens with one attached hydrogen (secondary N) is 1. The Balaban J connectivity index is 1.86. The summed E-state index contributed by atoms with van der Waals surface area (Å²) < 4.78 is 5.68. The fraction of sp³-hybridized carbons (Fsp3) is 0.130. The number of aryl methyl sites for hydroxylation is 3. The molecule has 1 heterocycles. The van der Waals surface area contributed by atoms with Crippen LogP contribution in [-0.4, -0.2) is 10.8 Å². The Morgan fingerprint density at radius 3 is 2.42 bits per heavy atom. The summed E-state index contributed by atoms with van der Waals surface area (Å²) in [7, 11) is 0. The van der Waals surface area contributed by atoms with Gasteiger partial charge >= 0.3 is 0 Å². The van der Waals surface area contributed by atoms with Crippen molar-refractivity contribution in [3.8, 4) is 17.4 Å². The standard InChI is InChI=1S/C23H18ClN3O4/c1-13-8-14(2)22(15(3)9-13)26-23(28)16(12-25)10-18-5-7-21(31-18)19-6-4-17(27(29)30)11-20(19)24/h4-11H,1-3H3,(H,26,28)/b16-10+. The van der Waals surface area contributed by atoms with E-state index in [9.17, 15) is 20.2 Å². The van der Waals surface area contributed by atoms with Crippen LogP contribution in [0.4, 0.5) is 11.4 Å². The number of carbonyl (C=O) groups is 1. The molecule has 8 heteroatoms. The van der Waals surface area contributed by atoms with Crippen LogP contribution in [-0.2, 0) is 4.79 Å². The highest BCUT2D eigenvalue weighted by molar-refractivity contribution is 6.33. The molecular formula is C23H18ClN3O4. The van der Waals surface area contributed by atoms with E-state index in [-0.39, 0.29) is 22.0 Å². The molecule has 0 saturated heterocycles. The van der Waals surface area contributed by atoms with Crippen LogP contribution in [0.5, 0.6) is 0 Å². The normalized spacial score (nSPS) is 11.1. The summed E-state index contributed by atoms with van der Waals surface area (Å²) in [6.45, 7) is 5.74. The van der Waals surface area contributed by atoms with E-state index in [1.54, 1.807) is 12.1 Å². The monoisotopic (exact) mass is 435 g/mol. The number of rotatable bonds is 5. The molecule has 3 aromatic rings. The highest BCUT2D eigenvalue weighted by atomic mass is 35.5. The van der Waals surface area contributed by atoms with Crippen LogP contribution in [0, 0.1) is 42.2 Å². The quantitative estimate of drug-likeness (QED) is 0.229. The zero-order chi connectivity index (χ0) is 22.7. The fourth-order valence-corrected chi connectivity index (χ4v) is 3.51. The van der Waals surface area contributed by atoms with E-state index in [1.807, 2.05) is 39.0 Å². The second-order valence-electron chi connectivity index (χ2n) is 7.02. The van der Waals surface area contributed by atoms with Gasteiger partial charge in [0.2, 0.25) is 0 Å². The zero-order valence-corrected chi connectivity index (χ0v) is 17.8. The van der Waals surface area contributed by atoms with Gasteiger partial charge in [-0.3, -0.25) is 14.9 Å². The van der Waals surface area contributed by atoms with Crippen LogP contribution < -0.4 is 5.32 Å². The van der Waals surface area contributed by atoms with Crippen LogP contribution in [0.1, 0.15) is 22.5 Å². The van der Waals surface area contributed by atoms with Crippen LogP contribution in [0.25, 0.3) is 17.4 Å². The Kier molecular flexibility index (Phi) is 6.23. The molecule has 0 fully saturated rings. The average molecular weight is 436 g/mol. The van der Waals surface area contributed by atoms with E-state index < -0.39 is 10.8 Å². The van der Waals surface area contributed by atoms with Crippen LogP contribution in [0.3, 0.4) is 0 Å². The van der Waals surface area contributed by atoms with Crippen molar-refractivity contribution in [3.63, 3.8) is 0 Å². The summed E-state index contributed by atoms with van der Waals surface area (Å²) in [5, 5.41) is 23.3. The molecule has 156 valence electrons. The van der Waals surface area contributed by atoms with Crippen molar-refractivity contribution in [2.45, 2.75) is 20.8 Å². The fourth-order valence-electron chi connectivity index (χ4n) is 3.24. The molecule has 0 atom stereocenters. The molecule has 2 aromatic carbocycles. The van der Waals surface area contributed by atoms with Gasteiger partial charge in [-0.25, -0.2) is 0 Å². The number of benzene rings is 2. The number of non-ortho nitro benzene ring substituents is 1. The third-order valence-electron chi connectivity index (χ3n) is 4.62. The second-order valence-corrected chi connectivity index (χ2v) is 7.43. The minimum atomic E-state index is -0.552. The zero-order valence-electron chi connectivity index (χ0n) is 17.0. The van der Waals surface area contributed by atoms with Crippen molar-refractivity contribution in [1.82, 2.24) is 0 Å². The molecule has 0 unspecified atom stereocenters. The van der Waals surface area contributed by atoms with Gasteiger partial charge in [-0.2, -0.15) is 5.26 Å². The van der Waals surface area contributed by atoms with E-state index in [0.29, 0.717) is 17.0 Å². The highest BCUT2D eigenvalue weighted by Gasteiger charge is 2.16. The minimum Gasteiger partial charge on any atom is -0.457 e. The minimum absolute atomic E-state index is 0.130. The lowest BCUT2D eigenvalue weighted by atomic mass is 10.0. The van der Waals surface area contributed by atoms with Crippen molar-refractivity contribution in [2.75, 3.05) is 5.32 Å². The Hall–Kier alpha value is -3.89. The molecule has 1 aromatic heterocycles. The molecule has 0 aliphatic heterocycles. The molecule has 0 saturated carbocycles. The van der Waals surface area contributed by atoms with Gasteiger partial charge in [-0.1, -0.05) is 29.3 Å². The summed E-state index contributed by atoms with van der Waals surface area (Å²) >= 11 is 6.14. The number of furan rings is 1. The number of halogens is 1. The topological polar surface area (TPSA) is 109 Å². The van der Waals surface area contributed by atoms with E-state index >= 15 is 0 Å². The van der Waals surface area contributed by atoms with Gasteiger partial charge in [0.15, 0.2) is 0 Å². The number of carbonyl (C=O) groups excluding carboxylic acids is 1. The van der Waals surface area contributed by atoms with Gasteiger partial charge in [0.1, 0.15) is 23.2 Å². The number of anilines is 1. The first-order valence-corrected chi connectivity index (χ1v) is 9.62. The van der Waals surface area contributed by atoms with Crippen LogP contribution in [0.15, 0.2) is 52.5 Å².